The van der Waals surface area contributed by atoms with Crippen molar-refractivity contribution in [2.24, 2.45) is 5.41 Å². The van der Waals surface area contributed by atoms with Gasteiger partial charge in [0, 0.05) is 7.05 Å². The largest absolute Gasteiger partial charge is 0.299 e. The predicted octanol–water partition coefficient (Wildman–Crippen LogP) is 0.621. The van der Waals surface area contributed by atoms with Gasteiger partial charge in [0.05, 0.1) is 7.11 Å². The Balaban J connectivity index is 4.57. The quantitative estimate of drug-likeness (QED) is 0.464. The normalized spacial score (nSPS) is 11.1. The molecule has 0 aliphatic rings. The SMILES string of the molecule is CON(C)C(=O)C(C)(C)C(C)=O. The van der Waals surface area contributed by atoms with E-state index in [0.717, 1.165) is 5.06 Å². The van der Waals surface area contributed by atoms with Gasteiger partial charge in [0.25, 0.3) is 5.91 Å². The summed E-state index contributed by atoms with van der Waals surface area (Å²) in [7, 11) is 2.86. The molecule has 70 valence electrons. The molecule has 0 bridgehead atoms. The van der Waals surface area contributed by atoms with Crippen molar-refractivity contribution in [1.82, 2.24) is 5.06 Å². The number of hydrogen-bond acceptors (Lipinski definition) is 3. The minimum Gasteiger partial charge on any atom is -0.299 e. The van der Waals surface area contributed by atoms with E-state index < -0.39 is 5.41 Å². The second-order valence-electron chi connectivity index (χ2n) is 3.17. The molecule has 12 heavy (non-hydrogen) atoms. The summed E-state index contributed by atoms with van der Waals surface area (Å²) in [6.07, 6.45) is 0. The molecule has 0 saturated carbocycles. The van der Waals surface area contributed by atoms with Gasteiger partial charge < -0.3 is 0 Å². The van der Waals surface area contributed by atoms with Crippen LogP contribution in [0.3, 0.4) is 0 Å². The minimum atomic E-state index is -0.995. The maximum atomic E-state index is 11.4. The molecule has 0 spiro atoms. The van der Waals surface area contributed by atoms with Crippen LogP contribution >= 0.6 is 0 Å². The number of carbonyl (C=O) groups is 2. The fourth-order valence-corrected chi connectivity index (χ4v) is 0.627. The van der Waals surface area contributed by atoms with E-state index in [4.69, 9.17) is 0 Å². The maximum absolute atomic E-state index is 11.4. The van der Waals surface area contributed by atoms with Crippen LogP contribution in [0.1, 0.15) is 20.8 Å². The predicted molar refractivity (Wildman–Crippen MR) is 44.2 cm³/mol. The molecule has 0 radical (unpaired) electrons. The molecule has 0 N–H and O–H groups in total. The highest BCUT2D eigenvalue weighted by atomic mass is 16.7. The van der Waals surface area contributed by atoms with E-state index in [2.05, 4.69) is 4.84 Å². The summed E-state index contributed by atoms with van der Waals surface area (Å²) < 4.78 is 0. The van der Waals surface area contributed by atoms with Gasteiger partial charge in [-0.2, -0.15) is 0 Å². The molecule has 1 amide bonds. The smallest absolute Gasteiger partial charge is 0.258 e. The number of carbonyl (C=O) groups excluding carboxylic acids is 2. The summed E-state index contributed by atoms with van der Waals surface area (Å²) >= 11 is 0. The molecular weight excluding hydrogens is 158 g/mol. The summed E-state index contributed by atoms with van der Waals surface area (Å²) in [4.78, 5) is 27.1. The first-order chi connectivity index (χ1) is 5.34. The van der Waals surface area contributed by atoms with Crippen LogP contribution in [0.15, 0.2) is 0 Å². The standard InChI is InChI=1S/C8H15NO3/c1-6(10)8(2,3)7(11)9(4)12-5/h1-5H3. The fraction of sp³-hybridized carbons (Fsp3) is 0.750. The van der Waals surface area contributed by atoms with Gasteiger partial charge in [-0.05, 0) is 20.8 Å². The van der Waals surface area contributed by atoms with Gasteiger partial charge >= 0.3 is 0 Å². The van der Waals surface area contributed by atoms with E-state index in [9.17, 15) is 9.59 Å². The number of rotatable bonds is 3. The molecule has 0 aliphatic carbocycles. The van der Waals surface area contributed by atoms with Crippen LogP contribution in [0.4, 0.5) is 0 Å². The summed E-state index contributed by atoms with van der Waals surface area (Å²) in [5.74, 6) is -0.506. The Morgan fingerprint density at radius 3 is 2.00 bits per heavy atom. The summed E-state index contributed by atoms with van der Waals surface area (Å²) in [6.45, 7) is 4.54. The van der Waals surface area contributed by atoms with Crippen LogP contribution in [0.5, 0.6) is 0 Å². The summed E-state index contributed by atoms with van der Waals surface area (Å²) in [6, 6.07) is 0. The number of Topliss-reactive ketones (excluding diaryl/α,β-unsaturated/α-hetero) is 1. The number of amides is 1. The maximum Gasteiger partial charge on any atom is 0.258 e. The lowest BCUT2D eigenvalue weighted by Crippen LogP contribution is -2.41. The van der Waals surface area contributed by atoms with Crippen LogP contribution in [0.25, 0.3) is 0 Å². The van der Waals surface area contributed by atoms with Crippen molar-refractivity contribution in [2.45, 2.75) is 20.8 Å². The molecule has 0 atom stereocenters. The van der Waals surface area contributed by atoms with E-state index in [-0.39, 0.29) is 11.7 Å². The molecule has 0 fully saturated rings. The Hall–Kier alpha value is -0.900. The minimum absolute atomic E-state index is 0.170. The third kappa shape index (κ3) is 2.04. The highest BCUT2D eigenvalue weighted by Gasteiger charge is 2.35. The molecule has 0 aliphatic heterocycles. The first-order valence-electron chi connectivity index (χ1n) is 3.67. The van der Waals surface area contributed by atoms with Gasteiger partial charge in [0.15, 0.2) is 0 Å². The second-order valence-corrected chi connectivity index (χ2v) is 3.17. The van der Waals surface area contributed by atoms with Crippen LogP contribution < -0.4 is 0 Å². The second kappa shape index (κ2) is 3.67. The van der Waals surface area contributed by atoms with E-state index in [1.807, 2.05) is 0 Å². The number of hydrogen-bond donors (Lipinski definition) is 0. The molecule has 0 aromatic heterocycles. The van der Waals surface area contributed by atoms with Gasteiger partial charge in [0.2, 0.25) is 0 Å². The van der Waals surface area contributed by atoms with Crippen LogP contribution in [-0.4, -0.2) is 30.9 Å². The van der Waals surface area contributed by atoms with Crippen LogP contribution in [0.2, 0.25) is 0 Å². The molecular formula is C8H15NO3. The lowest BCUT2D eigenvalue weighted by Gasteiger charge is -2.24. The zero-order valence-electron chi connectivity index (χ0n) is 8.17. The number of ketones is 1. The molecule has 0 aromatic carbocycles. The Morgan fingerprint density at radius 1 is 1.33 bits per heavy atom. The van der Waals surface area contributed by atoms with E-state index >= 15 is 0 Å². The summed E-state index contributed by atoms with van der Waals surface area (Å²) in [5, 5.41) is 1.06. The van der Waals surface area contributed by atoms with Crippen molar-refractivity contribution in [1.29, 1.82) is 0 Å². The fourth-order valence-electron chi connectivity index (χ4n) is 0.627. The molecule has 0 saturated heterocycles. The van der Waals surface area contributed by atoms with Gasteiger partial charge in [-0.1, -0.05) is 0 Å². The lowest BCUT2D eigenvalue weighted by atomic mass is 9.88. The lowest BCUT2D eigenvalue weighted by molar-refractivity contribution is -0.179. The zero-order chi connectivity index (χ0) is 9.94. The van der Waals surface area contributed by atoms with Crippen molar-refractivity contribution in [3.8, 4) is 0 Å². The van der Waals surface area contributed by atoms with Crippen molar-refractivity contribution in [3.05, 3.63) is 0 Å². The molecule has 4 nitrogen and oxygen atoms in total. The summed E-state index contributed by atoms with van der Waals surface area (Å²) in [5.41, 5.74) is -0.995. The first kappa shape index (κ1) is 11.1. The molecule has 0 aromatic rings. The number of nitrogens with zero attached hydrogens (tertiary/aromatic N) is 1. The van der Waals surface area contributed by atoms with Gasteiger partial charge in [-0.3, -0.25) is 14.4 Å². The third-order valence-electron chi connectivity index (χ3n) is 1.97. The zero-order valence-corrected chi connectivity index (χ0v) is 8.17. The molecule has 0 rings (SSSR count). The topological polar surface area (TPSA) is 46.6 Å². The molecule has 0 unspecified atom stereocenters. The van der Waals surface area contributed by atoms with Crippen molar-refractivity contribution >= 4 is 11.7 Å². The highest BCUT2D eigenvalue weighted by molar-refractivity contribution is 6.03. The molecule has 4 heteroatoms. The van der Waals surface area contributed by atoms with Crippen molar-refractivity contribution < 1.29 is 14.4 Å². The van der Waals surface area contributed by atoms with Crippen LogP contribution in [-0.2, 0) is 14.4 Å². The third-order valence-corrected chi connectivity index (χ3v) is 1.97. The Morgan fingerprint density at radius 2 is 1.75 bits per heavy atom. The highest BCUT2D eigenvalue weighted by Crippen LogP contribution is 2.19. The van der Waals surface area contributed by atoms with E-state index in [1.54, 1.807) is 13.8 Å². The van der Waals surface area contributed by atoms with Gasteiger partial charge in [-0.15, -0.1) is 0 Å². The monoisotopic (exact) mass is 173 g/mol. The Bertz CT molecular complexity index is 198. The van der Waals surface area contributed by atoms with Crippen molar-refractivity contribution in [3.63, 3.8) is 0 Å². The Kier molecular flexibility index (Phi) is 3.39. The van der Waals surface area contributed by atoms with Gasteiger partial charge in [-0.25, -0.2) is 5.06 Å². The number of hydroxylamine groups is 2. The van der Waals surface area contributed by atoms with Gasteiger partial charge in [0.1, 0.15) is 11.2 Å². The average Bonchev–Trinajstić information content (AvgIpc) is 2.01. The van der Waals surface area contributed by atoms with E-state index in [1.165, 1.54) is 21.1 Å². The Labute approximate surface area is 72.4 Å². The van der Waals surface area contributed by atoms with Crippen LogP contribution in [0, 0.1) is 5.41 Å². The van der Waals surface area contributed by atoms with Crippen molar-refractivity contribution in [2.75, 3.05) is 14.2 Å². The van der Waals surface area contributed by atoms with E-state index in [0.29, 0.717) is 0 Å². The average molecular weight is 173 g/mol. The molecule has 0 heterocycles. The first-order valence-corrected chi connectivity index (χ1v) is 3.67.